The molecule has 2 aromatic rings. The van der Waals surface area contributed by atoms with Crippen molar-refractivity contribution in [2.75, 3.05) is 6.54 Å². The molecule has 2 rings (SSSR count). The molecule has 4 nitrogen and oxygen atoms in total. The highest BCUT2D eigenvalue weighted by atomic mass is 16.2. The van der Waals surface area contributed by atoms with Gasteiger partial charge >= 0.3 is 0 Å². The fourth-order valence-corrected chi connectivity index (χ4v) is 2.52. The molecule has 0 saturated carbocycles. The number of nitrogens with one attached hydrogen (secondary N) is 1. The predicted molar refractivity (Wildman–Crippen MR) is 91.4 cm³/mol. The number of rotatable bonds is 7. The van der Waals surface area contributed by atoms with Crippen molar-refractivity contribution >= 4 is 16.7 Å². The Hall–Kier alpha value is -1.91. The summed E-state index contributed by atoms with van der Waals surface area (Å²) < 4.78 is 0. The first kappa shape index (κ1) is 16.5. The van der Waals surface area contributed by atoms with Crippen molar-refractivity contribution in [2.45, 2.75) is 38.3 Å². The maximum absolute atomic E-state index is 12.1. The third-order valence-corrected chi connectivity index (χ3v) is 3.94. The Morgan fingerprint density at radius 2 is 1.86 bits per heavy atom. The van der Waals surface area contributed by atoms with Crippen LogP contribution in [0.2, 0.25) is 0 Å². The third kappa shape index (κ3) is 4.29. The molecule has 0 saturated heterocycles. The molecule has 0 radical (unpaired) electrons. The Balaban J connectivity index is 1.97. The van der Waals surface area contributed by atoms with E-state index in [0.717, 1.165) is 18.4 Å². The second kappa shape index (κ2) is 7.92. The Bertz CT molecular complexity index is 627. The highest BCUT2D eigenvalue weighted by Gasteiger charge is 2.16. The van der Waals surface area contributed by atoms with Crippen molar-refractivity contribution in [2.24, 2.45) is 11.5 Å². The fourth-order valence-electron chi connectivity index (χ4n) is 2.52. The van der Waals surface area contributed by atoms with E-state index in [1.54, 1.807) is 0 Å². The van der Waals surface area contributed by atoms with Crippen LogP contribution in [0.3, 0.4) is 0 Å². The van der Waals surface area contributed by atoms with Crippen LogP contribution in [-0.4, -0.2) is 18.5 Å². The lowest BCUT2D eigenvalue weighted by Gasteiger charge is -2.18. The van der Waals surface area contributed by atoms with E-state index in [1.807, 2.05) is 25.1 Å². The number of hydrogen-bond donors (Lipinski definition) is 3. The molecular weight excluding hydrogens is 274 g/mol. The average molecular weight is 299 g/mol. The topological polar surface area (TPSA) is 81.1 Å². The first-order valence-electron chi connectivity index (χ1n) is 7.86. The van der Waals surface area contributed by atoms with Crippen LogP contribution in [0.25, 0.3) is 10.8 Å². The van der Waals surface area contributed by atoms with E-state index >= 15 is 0 Å². The van der Waals surface area contributed by atoms with Gasteiger partial charge in [0.25, 0.3) is 0 Å². The van der Waals surface area contributed by atoms with Crippen LogP contribution in [0, 0.1) is 0 Å². The van der Waals surface area contributed by atoms with E-state index in [0.29, 0.717) is 13.0 Å². The number of nitrogens with two attached hydrogens (primary N) is 2. The molecule has 0 aliphatic rings. The smallest absolute Gasteiger partial charge is 0.237 e. The molecule has 0 unspecified atom stereocenters. The van der Waals surface area contributed by atoms with Crippen molar-refractivity contribution in [3.8, 4) is 0 Å². The second-order valence-corrected chi connectivity index (χ2v) is 5.73. The Kier molecular flexibility index (Phi) is 5.92. The number of unbranched alkanes of at least 4 members (excludes halogenated alkanes) is 1. The first-order chi connectivity index (χ1) is 10.6. The molecule has 0 fully saturated rings. The average Bonchev–Trinajstić information content (AvgIpc) is 2.54. The van der Waals surface area contributed by atoms with E-state index in [9.17, 15) is 4.79 Å². The normalized spacial score (nSPS) is 13.8. The molecule has 5 N–H and O–H groups in total. The third-order valence-electron chi connectivity index (χ3n) is 3.94. The van der Waals surface area contributed by atoms with Gasteiger partial charge in [-0.05, 0) is 48.7 Å². The van der Waals surface area contributed by atoms with Crippen molar-refractivity contribution < 1.29 is 4.79 Å². The minimum atomic E-state index is -0.463. The molecule has 0 bridgehead atoms. The van der Waals surface area contributed by atoms with Gasteiger partial charge < -0.3 is 16.8 Å². The van der Waals surface area contributed by atoms with Gasteiger partial charge in [0.2, 0.25) is 5.91 Å². The first-order valence-corrected chi connectivity index (χ1v) is 7.86. The van der Waals surface area contributed by atoms with Crippen LogP contribution in [0.1, 0.15) is 37.8 Å². The number of hydrogen-bond acceptors (Lipinski definition) is 3. The van der Waals surface area contributed by atoms with Crippen molar-refractivity contribution in [3.63, 3.8) is 0 Å². The Labute approximate surface area is 131 Å². The molecule has 4 heteroatoms. The summed E-state index contributed by atoms with van der Waals surface area (Å²) >= 11 is 0. The zero-order chi connectivity index (χ0) is 15.9. The summed E-state index contributed by atoms with van der Waals surface area (Å²) in [5.41, 5.74) is 12.5. The van der Waals surface area contributed by atoms with E-state index in [4.69, 9.17) is 11.5 Å². The van der Waals surface area contributed by atoms with Crippen LogP contribution in [0.4, 0.5) is 0 Å². The lowest BCUT2D eigenvalue weighted by molar-refractivity contribution is -0.123. The van der Waals surface area contributed by atoms with Gasteiger partial charge in [0.05, 0.1) is 12.1 Å². The van der Waals surface area contributed by atoms with Crippen LogP contribution < -0.4 is 16.8 Å². The molecule has 0 spiro atoms. The van der Waals surface area contributed by atoms with Gasteiger partial charge in [0, 0.05) is 0 Å². The van der Waals surface area contributed by atoms with Gasteiger partial charge in [0.15, 0.2) is 0 Å². The number of amides is 1. The molecule has 0 aromatic heterocycles. The largest absolute Gasteiger partial charge is 0.348 e. The van der Waals surface area contributed by atoms with Crippen molar-refractivity contribution in [1.29, 1.82) is 0 Å². The van der Waals surface area contributed by atoms with E-state index in [2.05, 4.69) is 29.6 Å². The molecule has 2 atom stereocenters. The van der Waals surface area contributed by atoms with E-state index in [1.165, 1.54) is 10.8 Å². The molecule has 118 valence electrons. The standard InChI is InChI=1S/C18H25N3O/c1-13(21-18(22)17(20)8-4-5-11-19)15-10-9-14-6-2-3-7-16(14)12-15/h2-3,6-7,9-10,12-13,17H,4-5,8,11,19-20H2,1H3,(H,21,22)/t13-,17+/m1/s1. The summed E-state index contributed by atoms with van der Waals surface area (Å²) in [4.78, 5) is 12.1. The highest BCUT2D eigenvalue weighted by molar-refractivity contribution is 5.84. The number of fused-ring (bicyclic) bond motifs is 1. The summed E-state index contributed by atoms with van der Waals surface area (Å²) in [6, 6.07) is 13.9. The van der Waals surface area contributed by atoms with Gasteiger partial charge in [-0.15, -0.1) is 0 Å². The minimum Gasteiger partial charge on any atom is -0.348 e. The van der Waals surface area contributed by atoms with Gasteiger partial charge in [-0.25, -0.2) is 0 Å². The van der Waals surface area contributed by atoms with Crippen LogP contribution in [-0.2, 0) is 4.79 Å². The van der Waals surface area contributed by atoms with Crippen LogP contribution in [0.5, 0.6) is 0 Å². The predicted octanol–water partition coefficient (Wildman–Crippen LogP) is 2.47. The Morgan fingerprint density at radius 1 is 1.14 bits per heavy atom. The van der Waals surface area contributed by atoms with Crippen LogP contribution in [0.15, 0.2) is 42.5 Å². The fraction of sp³-hybridized carbons (Fsp3) is 0.389. The van der Waals surface area contributed by atoms with Crippen LogP contribution >= 0.6 is 0 Å². The van der Waals surface area contributed by atoms with Gasteiger partial charge in [0.1, 0.15) is 0 Å². The number of carbonyl (C=O) groups is 1. The molecule has 0 aliphatic carbocycles. The van der Waals surface area contributed by atoms with Gasteiger partial charge in [-0.3, -0.25) is 4.79 Å². The lowest BCUT2D eigenvalue weighted by atomic mass is 10.0. The maximum atomic E-state index is 12.1. The Morgan fingerprint density at radius 3 is 2.59 bits per heavy atom. The summed E-state index contributed by atoms with van der Waals surface area (Å²) in [5.74, 6) is -0.0994. The van der Waals surface area contributed by atoms with Crippen molar-refractivity contribution in [3.05, 3.63) is 48.0 Å². The van der Waals surface area contributed by atoms with Gasteiger partial charge in [-0.2, -0.15) is 0 Å². The molecule has 0 heterocycles. The molecule has 22 heavy (non-hydrogen) atoms. The number of benzene rings is 2. The number of carbonyl (C=O) groups excluding carboxylic acids is 1. The maximum Gasteiger partial charge on any atom is 0.237 e. The van der Waals surface area contributed by atoms with E-state index in [-0.39, 0.29) is 11.9 Å². The molecular formula is C18H25N3O. The van der Waals surface area contributed by atoms with Gasteiger partial charge in [-0.1, -0.05) is 42.8 Å². The zero-order valence-corrected chi connectivity index (χ0v) is 13.1. The molecule has 2 aromatic carbocycles. The van der Waals surface area contributed by atoms with Crippen molar-refractivity contribution in [1.82, 2.24) is 5.32 Å². The summed E-state index contributed by atoms with van der Waals surface area (Å²) in [6.45, 7) is 2.62. The quantitative estimate of drug-likeness (QED) is 0.687. The SMILES string of the molecule is C[C@@H](NC(=O)[C@@H](N)CCCCN)c1ccc2ccccc2c1. The van der Waals surface area contributed by atoms with E-state index < -0.39 is 6.04 Å². The molecule has 1 amide bonds. The minimum absolute atomic E-state index is 0.0577. The summed E-state index contributed by atoms with van der Waals surface area (Å²) in [7, 11) is 0. The molecule has 0 aliphatic heterocycles. The zero-order valence-electron chi connectivity index (χ0n) is 13.1. The highest BCUT2D eigenvalue weighted by Crippen LogP contribution is 2.20. The summed E-state index contributed by atoms with van der Waals surface area (Å²) in [6.07, 6.45) is 2.46. The monoisotopic (exact) mass is 299 g/mol. The summed E-state index contributed by atoms with van der Waals surface area (Å²) in [5, 5.41) is 5.36. The second-order valence-electron chi connectivity index (χ2n) is 5.73. The lowest BCUT2D eigenvalue weighted by Crippen LogP contribution is -2.41.